The maximum Gasteiger partial charge on any atom is 0.331 e. The zero-order valence-electron chi connectivity index (χ0n) is 14.1. The Kier molecular flexibility index (Phi) is 7.85. The van der Waals surface area contributed by atoms with E-state index in [2.05, 4.69) is 10.6 Å². The molecule has 0 saturated heterocycles. The van der Waals surface area contributed by atoms with Crippen molar-refractivity contribution in [2.45, 2.75) is 6.54 Å². The third-order valence-corrected chi connectivity index (χ3v) is 3.99. The van der Waals surface area contributed by atoms with Gasteiger partial charge in [0.1, 0.15) is 0 Å². The molecule has 0 bridgehead atoms. The van der Waals surface area contributed by atoms with Crippen molar-refractivity contribution in [3.8, 4) is 0 Å². The quantitative estimate of drug-likeness (QED) is 0.567. The molecule has 0 radical (unpaired) electrons. The van der Waals surface area contributed by atoms with E-state index in [1.165, 1.54) is 6.08 Å². The summed E-state index contributed by atoms with van der Waals surface area (Å²) in [6.07, 6.45) is 2.61. The molecule has 0 fully saturated rings. The SMILES string of the molecule is O=C(COC(=O)/C=C/c1ccc(Cl)c(Cl)c1)NC(=O)NCc1ccccc1. The van der Waals surface area contributed by atoms with Crippen molar-refractivity contribution < 1.29 is 19.1 Å². The summed E-state index contributed by atoms with van der Waals surface area (Å²) in [6, 6.07) is 13.4. The molecule has 27 heavy (non-hydrogen) atoms. The summed E-state index contributed by atoms with van der Waals surface area (Å²) < 4.78 is 4.77. The number of benzene rings is 2. The summed E-state index contributed by atoms with van der Waals surface area (Å²) in [5.74, 6) is -1.47. The fourth-order valence-corrected chi connectivity index (χ4v) is 2.26. The molecule has 2 aromatic carbocycles. The van der Waals surface area contributed by atoms with E-state index in [-0.39, 0.29) is 6.54 Å². The minimum absolute atomic E-state index is 0.270. The summed E-state index contributed by atoms with van der Waals surface area (Å²) in [6.45, 7) is -0.310. The van der Waals surface area contributed by atoms with E-state index in [0.717, 1.165) is 11.6 Å². The number of esters is 1. The monoisotopic (exact) mass is 406 g/mol. The van der Waals surface area contributed by atoms with Gasteiger partial charge in [0.15, 0.2) is 6.61 Å². The Hall–Kier alpha value is -2.83. The third kappa shape index (κ3) is 7.52. The van der Waals surface area contributed by atoms with Crippen LogP contribution in [-0.2, 0) is 20.9 Å². The maximum absolute atomic E-state index is 11.6. The van der Waals surface area contributed by atoms with E-state index >= 15 is 0 Å². The van der Waals surface area contributed by atoms with Gasteiger partial charge in [-0.05, 0) is 29.3 Å². The first kappa shape index (κ1) is 20.5. The van der Waals surface area contributed by atoms with E-state index in [4.69, 9.17) is 27.9 Å². The second-order valence-corrected chi connectivity index (χ2v) is 6.15. The molecular formula is C19H16Cl2N2O4. The second kappa shape index (κ2) is 10.4. The van der Waals surface area contributed by atoms with Crippen molar-refractivity contribution in [1.29, 1.82) is 0 Å². The summed E-state index contributed by atoms with van der Waals surface area (Å²) in [5.41, 5.74) is 1.53. The predicted molar refractivity (Wildman–Crippen MR) is 103 cm³/mol. The van der Waals surface area contributed by atoms with E-state index in [1.807, 2.05) is 30.3 Å². The zero-order valence-corrected chi connectivity index (χ0v) is 15.6. The van der Waals surface area contributed by atoms with Gasteiger partial charge in [-0.15, -0.1) is 0 Å². The largest absolute Gasteiger partial charge is 0.452 e. The first-order valence-electron chi connectivity index (χ1n) is 7.85. The van der Waals surface area contributed by atoms with Gasteiger partial charge in [-0.1, -0.05) is 59.6 Å². The Labute approximate surface area is 166 Å². The maximum atomic E-state index is 11.6. The van der Waals surface area contributed by atoms with Gasteiger partial charge < -0.3 is 10.1 Å². The fourth-order valence-electron chi connectivity index (χ4n) is 1.95. The smallest absolute Gasteiger partial charge is 0.331 e. The van der Waals surface area contributed by atoms with E-state index in [1.54, 1.807) is 18.2 Å². The van der Waals surface area contributed by atoms with Crippen LogP contribution < -0.4 is 10.6 Å². The highest BCUT2D eigenvalue weighted by Crippen LogP contribution is 2.23. The first-order valence-corrected chi connectivity index (χ1v) is 8.61. The van der Waals surface area contributed by atoms with Gasteiger partial charge in [0.25, 0.3) is 5.91 Å². The van der Waals surface area contributed by atoms with Crippen LogP contribution in [0, 0.1) is 0 Å². The molecule has 0 spiro atoms. The highest BCUT2D eigenvalue weighted by atomic mass is 35.5. The van der Waals surface area contributed by atoms with Gasteiger partial charge in [-0.25, -0.2) is 9.59 Å². The summed E-state index contributed by atoms with van der Waals surface area (Å²) in [5, 5.41) is 5.35. The average molecular weight is 407 g/mol. The molecule has 0 heterocycles. The fraction of sp³-hybridized carbons (Fsp3) is 0.105. The summed E-state index contributed by atoms with van der Waals surface area (Å²) in [7, 11) is 0. The van der Waals surface area contributed by atoms with Gasteiger partial charge in [0.05, 0.1) is 10.0 Å². The van der Waals surface area contributed by atoms with Crippen LogP contribution in [0.15, 0.2) is 54.6 Å². The van der Waals surface area contributed by atoms with Gasteiger partial charge in [-0.2, -0.15) is 0 Å². The Morgan fingerprint density at radius 2 is 1.74 bits per heavy atom. The van der Waals surface area contributed by atoms with Crippen molar-refractivity contribution in [2.24, 2.45) is 0 Å². The Bertz CT molecular complexity index is 854. The molecule has 0 atom stereocenters. The van der Waals surface area contributed by atoms with Crippen molar-refractivity contribution in [3.63, 3.8) is 0 Å². The number of halogens is 2. The zero-order chi connectivity index (χ0) is 19.6. The molecule has 0 saturated carbocycles. The van der Waals surface area contributed by atoms with Gasteiger partial charge in [-0.3, -0.25) is 10.1 Å². The summed E-state index contributed by atoms with van der Waals surface area (Å²) >= 11 is 11.7. The molecule has 0 aromatic heterocycles. The Balaban J connectivity index is 1.70. The molecule has 3 amide bonds. The Morgan fingerprint density at radius 3 is 2.44 bits per heavy atom. The number of amides is 3. The molecule has 140 valence electrons. The molecule has 0 aliphatic carbocycles. The predicted octanol–water partition coefficient (Wildman–Crippen LogP) is 3.58. The minimum atomic E-state index is -0.739. The minimum Gasteiger partial charge on any atom is -0.452 e. The molecule has 6 nitrogen and oxygen atoms in total. The lowest BCUT2D eigenvalue weighted by Gasteiger charge is -2.07. The molecule has 2 N–H and O–H groups in total. The molecule has 0 unspecified atom stereocenters. The first-order chi connectivity index (χ1) is 12.9. The standard InChI is InChI=1S/C19H16Cl2N2O4/c20-15-8-6-13(10-16(15)21)7-9-18(25)27-12-17(24)23-19(26)22-11-14-4-2-1-3-5-14/h1-10H,11-12H2,(H2,22,23,24,26)/b9-7+. The van der Waals surface area contributed by atoms with Crippen molar-refractivity contribution in [2.75, 3.05) is 6.61 Å². The lowest BCUT2D eigenvalue weighted by atomic mass is 10.2. The second-order valence-electron chi connectivity index (χ2n) is 5.33. The average Bonchev–Trinajstić information content (AvgIpc) is 2.66. The number of urea groups is 1. The number of hydrogen-bond acceptors (Lipinski definition) is 4. The van der Waals surface area contributed by atoms with Crippen LogP contribution >= 0.6 is 23.2 Å². The third-order valence-electron chi connectivity index (χ3n) is 3.25. The molecule has 0 aliphatic heterocycles. The molecule has 8 heteroatoms. The van der Waals surface area contributed by atoms with E-state index in [9.17, 15) is 14.4 Å². The van der Waals surface area contributed by atoms with Crippen LogP contribution in [0.2, 0.25) is 10.0 Å². The van der Waals surface area contributed by atoms with Crippen LogP contribution in [0.3, 0.4) is 0 Å². The lowest BCUT2D eigenvalue weighted by Crippen LogP contribution is -2.41. The number of imide groups is 1. The van der Waals surface area contributed by atoms with Gasteiger partial charge in [0, 0.05) is 12.6 Å². The number of carbonyl (C=O) groups excluding carboxylic acids is 3. The van der Waals surface area contributed by atoms with Gasteiger partial charge in [0.2, 0.25) is 0 Å². The highest BCUT2D eigenvalue weighted by molar-refractivity contribution is 6.42. The van der Waals surface area contributed by atoms with Crippen molar-refractivity contribution in [1.82, 2.24) is 10.6 Å². The van der Waals surface area contributed by atoms with Crippen molar-refractivity contribution >= 4 is 47.2 Å². The van der Waals surface area contributed by atoms with Crippen LogP contribution in [0.1, 0.15) is 11.1 Å². The highest BCUT2D eigenvalue weighted by Gasteiger charge is 2.09. The number of hydrogen-bond donors (Lipinski definition) is 2. The molecule has 2 aromatic rings. The Morgan fingerprint density at radius 1 is 1.00 bits per heavy atom. The molecule has 2 rings (SSSR count). The van der Waals surface area contributed by atoms with Crippen LogP contribution in [-0.4, -0.2) is 24.5 Å². The van der Waals surface area contributed by atoms with Crippen molar-refractivity contribution in [3.05, 3.63) is 75.8 Å². The van der Waals surface area contributed by atoms with Gasteiger partial charge >= 0.3 is 12.0 Å². The topological polar surface area (TPSA) is 84.5 Å². The van der Waals surface area contributed by atoms with E-state index < -0.39 is 24.5 Å². The number of rotatable bonds is 6. The number of nitrogens with one attached hydrogen (secondary N) is 2. The lowest BCUT2D eigenvalue weighted by molar-refractivity contribution is -0.143. The summed E-state index contributed by atoms with van der Waals surface area (Å²) in [4.78, 5) is 34.9. The normalized spacial score (nSPS) is 10.4. The van der Waals surface area contributed by atoms with Crippen LogP contribution in [0.4, 0.5) is 4.79 Å². The number of ether oxygens (including phenoxy) is 1. The van der Waals surface area contributed by atoms with Crippen LogP contribution in [0.5, 0.6) is 0 Å². The van der Waals surface area contributed by atoms with Crippen LogP contribution in [0.25, 0.3) is 6.08 Å². The van der Waals surface area contributed by atoms with E-state index in [0.29, 0.717) is 15.6 Å². The molecule has 0 aliphatic rings. The molecular weight excluding hydrogens is 391 g/mol. The number of carbonyl (C=O) groups is 3.